The quantitative estimate of drug-likeness (QED) is 0.727. The largest absolute Gasteiger partial charge is 0.491 e. The van der Waals surface area contributed by atoms with Gasteiger partial charge in [-0.2, -0.15) is 5.26 Å². The molecule has 2 aromatic carbocycles. The van der Waals surface area contributed by atoms with E-state index in [0.717, 1.165) is 27.6 Å². The first-order valence-electron chi connectivity index (χ1n) is 9.29. The van der Waals surface area contributed by atoms with Crippen molar-refractivity contribution in [1.82, 2.24) is 9.88 Å². The lowest BCUT2D eigenvalue weighted by Crippen LogP contribution is -2.32. The maximum absolute atomic E-state index is 13.2. The van der Waals surface area contributed by atoms with E-state index in [-0.39, 0.29) is 11.9 Å². The SMILES string of the molecule is CN(C(=O)c1ccc2nc(N)c3c(c2c1)COC3)[C@@H]1COc2cc(C#N)ccc21. The van der Waals surface area contributed by atoms with E-state index in [1.54, 1.807) is 30.1 Å². The minimum atomic E-state index is -0.209. The van der Waals surface area contributed by atoms with Crippen LogP contribution in [0.2, 0.25) is 0 Å². The second-order valence-corrected chi connectivity index (χ2v) is 7.29. The van der Waals surface area contributed by atoms with Gasteiger partial charge in [-0.05, 0) is 35.9 Å². The van der Waals surface area contributed by atoms with Crippen molar-refractivity contribution in [2.45, 2.75) is 19.3 Å². The first kappa shape index (κ1) is 17.5. The van der Waals surface area contributed by atoms with Gasteiger partial charge in [0, 0.05) is 29.1 Å². The molecule has 29 heavy (non-hydrogen) atoms. The Morgan fingerprint density at radius 2 is 2.07 bits per heavy atom. The monoisotopic (exact) mass is 386 g/mol. The third kappa shape index (κ3) is 2.69. The fraction of sp³-hybridized carbons (Fsp3) is 0.227. The van der Waals surface area contributed by atoms with Crippen LogP contribution in [0.15, 0.2) is 36.4 Å². The number of likely N-dealkylation sites (N-methyl/N-ethyl adjacent to an activating group) is 1. The van der Waals surface area contributed by atoms with E-state index in [0.29, 0.717) is 42.5 Å². The predicted octanol–water partition coefficient (Wildman–Crippen LogP) is 2.92. The first-order valence-corrected chi connectivity index (χ1v) is 9.29. The van der Waals surface area contributed by atoms with Gasteiger partial charge in [0.25, 0.3) is 5.91 Å². The van der Waals surface area contributed by atoms with Gasteiger partial charge in [0.05, 0.1) is 36.4 Å². The van der Waals surface area contributed by atoms with Crippen LogP contribution in [0, 0.1) is 11.3 Å². The topological polar surface area (TPSA) is 101 Å². The molecule has 1 amide bonds. The lowest BCUT2D eigenvalue weighted by Gasteiger charge is -2.24. The highest BCUT2D eigenvalue weighted by Crippen LogP contribution is 2.37. The third-order valence-electron chi connectivity index (χ3n) is 5.66. The van der Waals surface area contributed by atoms with Crippen LogP contribution in [0.5, 0.6) is 5.75 Å². The van der Waals surface area contributed by atoms with Crippen LogP contribution < -0.4 is 10.5 Å². The zero-order valence-corrected chi connectivity index (χ0v) is 15.8. The molecule has 0 aliphatic carbocycles. The van der Waals surface area contributed by atoms with E-state index in [9.17, 15) is 4.79 Å². The van der Waals surface area contributed by atoms with E-state index < -0.39 is 0 Å². The van der Waals surface area contributed by atoms with Crippen LogP contribution in [0.3, 0.4) is 0 Å². The minimum absolute atomic E-state index is 0.109. The molecule has 0 saturated heterocycles. The van der Waals surface area contributed by atoms with Gasteiger partial charge in [-0.1, -0.05) is 6.07 Å². The van der Waals surface area contributed by atoms with Crippen LogP contribution in [-0.2, 0) is 18.0 Å². The Morgan fingerprint density at radius 1 is 1.24 bits per heavy atom. The fourth-order valence-electron chi connectivity index (χ4n) is 4.03. The van der Waals surface area contributed by atoms with Gasteiger partial charge in [-0.25, -0.2) is 4.98 Å². The summed E-state index contributed by atoms with van der Waals surface area (Å²) in [7, 11) is 1.77. The fourth-order valence-corrected chi connectivity index (χ4v) is 4.03. The number of pyridine rings is 1. The molecule has 2 aliphatic heterocycles. The number of nitriles is 1. The van der Waals surface area contributed by atoms with Crippen LogP contribution in [-0.4, -0.2) is 29.4 Å². The summed E-state index contributed by atoms with van der Waals surface area (Å²) < 4.78 is 11.3. The van der Waals surface area contributed by atoms with E-state index in [4.69, 9.17) is 20.5 Å². The molecule has 2 aliphatic rings. The standard InChI is InChI=1S/C22H18N4O3/c1-26(19-11-29-20-6-12(8-23)2-4-14(19)20)22(27)13-3-5-18-15(7-13)16-9-28-10-17(16)21(24)25-18/h2-7,19H,9-11H2,1H3,(H2,24,25)/t19-/m1/s1. The number of nitrogen functional groups attached to an aromatic ring is 1. The van der Waals surface area contributed by atoms with E-state index in [1.165, 1.54) is 0 Å². The Balaban J connectivity index is 1.49. The molecule has 0 unspecified atom stereocenters. The van der Waals surface area contributed by atoms with Gasteiger partial charge in [-0.15, -0.1) is 0 Å². The molecule has 0 fully saturated rings. The predicted molar refractivity (Wildman–Crippen MR) is 106 cm³/mol. The molecule has 0 saturated carbocycles. The number of ether oxygens (including phenoxy) is 2. The summed E-state index contributed by atoms with van der Waals surface area (Å²) in [5.41, 5.74) is 10.7. The molecular formula is C22H18N4O3. The van der Waals surface area contributed by atoms with Crippen molar-refractivity contribution >= 4 is 22.6 Å². The number of hydrogen-bond acceptors (Lipinski definition) is 6. The van der Waals surface area contributed by atoms with Crippen molar-refractivity contribution in [3.8, 4) is 11.8 Å². The number of fused-ring (bicyclic) bond motifs is 4. The van der Waals surface area contributed by atoms with Crippen molar-refractivity contribution in [3.05, 3.63) is 64.2 Å². The second kappa shape index (κ2) is 6.47. The van der Waals surface area contributed by atoms with Crippen molar-refractivity contribution in [3.63, 3.8) is 0 Å². The molecule has 5 rings (SSSR count). The summed E-state index contributed by atoms with van der Waals surface area (Å²) >= 11 is 0. The molecule has 3 heterocycles. The van der Waals surface area contributed by atoms with Gasteiger partial charge in [0.2, 0.25) is 0 Å². The Bertz CT molecular complexity index is 1210. The van der Waals surface area contributed by atoms with E-state index in [2.05, 4.69) is 11.1 Å². The summed E-state index contributed by atoms with van der Waals surface area (Å²) in [4.78, 5) is 19.3. The Morgan fingerprint density at radius 3 is 2.90 bits per heavy atom. The molecule has 2 N–H and O–H groups in total. The average molecular weight is 386 g/mol. The lowest BCUT2D eigenvalue weighted by molar-refractivity contribution is 0.0708. The van der Waals surface area contributed by atoms with Crippen LogP contribution >= 0.6 is 0 Å². The molecule has 7 nitrogen and oxygen atoms in total. The van der Waals surface area contributed by atoms with Crippen molar-refractivity contribution in [2.24, 2.45) is 0 Å². The van der Waals surface area contributed by atoms with Crippen molar-refractivity contribution in [2.75, 3.05) is 19.4 Å². The summed E-state index contributed by atoms with van der Waals surface area (Å²) in [6.45, 7) is 1.28. The third-order valence-corrected chi connectivity index (χ3v) is 5.66. The Kier molecular flexibility index (Phi) is 3.89. The molecule has 3 aromatic rings. The molecular weight excluding hydrogens is 368 g/mol. The minimum Gasteiger partial charge on any atom is -0.491 e. The number of carbonyl (C=O) groups excluding carboxylic acids is 1. The summed E-state index contributed by atoms with van der Waals surface area (Å²) in [6, 6.07) is 12.7. The van der Waals surface area contributed by atoms with E-state index >= 15 is 0 Å². The van der Waals surface area contributed by atoms with Gasteiger partial charge in [0.1, 0.15) is 18.2 Å². The Labute approximate surface area is 167 Å². The number of benzene rings is 2. The number of carbonyl (C=O) groups is 1. The summed E-state index contributed by atoms with van der Waals surface area (Å²) in [6.07, 6.45) is 0. The summed E-state index contributed by atoms with van der Waals surface area (Å²) in [5.74, 6) is 1.03. The van der Waals surface area contributed by atoms with Gasteiger partial charge in [0.15, 0.2) is 0 Å². The number of anilines is 1. The highest BCUT2D eigenvalue weighted by atomic mass is 16.5. The average Bonchev–Trinajstić information content (AvgIpc) is 3.40. The molecule has 7 heteroatoms. The van der Waals surface area contributed by atoms with Gasteiger partial charge in [-0.3, -0.25) is 4.79 Å². The number of amides is 1. The van der Waals surface area contributed by atoms with Crippen LogP contribution in [0.1, 0.15) is 38.7 Å². The van der Waals surface area contributed by atoms with Crippen molar-refractivity contribution < 1.29 is 14.3 Å². The summed E-state index contributed by atoms with van der Waals surface area (Å²) in [5, 5.41) is 9.96. The molecule has 0 radical (unpaired) electrons. The number of rotatable bonds is 2. The molecule has 1 atom stereocenters. The lowest BCUT2D eigenvalue weighted by atomic mass is 10.0. The van der Waals surface area contributed by atoms with Gasteiger partial charge >= 0.3 is 0 Å². The maximum Gasteiger partial charge on any atom is 0.254 e. The highest BCUT2D eigenvalue weighted by molar-refractivity contribution is 5.99. The zero-order valence-electron chi connectivity index (χ0n) is 15.8. The van der Waals surface area contributed by atoms with Gasteiger partial charge < -0.3 is 20.1 Å². The molecule has 144 valence electrons. The number of aromatic nitrogens is 1. The van der Waals surface area contributed by atoms with Crippen LogP contribution in [0.4, 0.5) is 5.82 Å². The zero-order chi connectivity index (χ0) is 20.1. The van der Waals surface area contributed by atoms with Crippen molar-refractivity contribution in [1.29, 1.82) is 5.26 Å². The highest BCUT2D eigenvalue weighted by Gasteiger charge is 2.31. The first-order chi connectivity index (χ1) is 14.1. The maximum atomic E-state index is 13.2. The molecule has 0 bridgehead atoms. The van der Waals surface area contributed by atoms with Crippen LogP contribution in [0.25, 0.3) is 10.9 Å². The smallest absolute Gasteiger partial charge is 0.254 e. The molecule has 0 spiro atoms. The normalized spacial score (nSPS) is 16.8. The number of nitrogens with zero attached hydrogens (tertiary/aromatic N) is 3. The van der Waals surface area contributed by atoms with E-state index in [1.807, 2.05) is 18.2 Å². The Hall–Kier alpha value is -3.63. The number of nitrogens with two attached hydrogens (primary N) is 1. The number of hydrogen-bond donors (Lipinski definition) is 1. The molecule has 1 aromatic heterocycles. The second-order valence-electron chi connectivity index (χ2n) is 7.29.